The van der Waals surface area contributed by atoms with E-state index in [4.69, 9.17) is 19.3 Å². The number of aliphatic hydroxyl groups excluding tert-OH is 2. The summed E-state index contributed by atoms with van der Waals surface area (Å²) >= 11 is 0. The molecule has 0 saturated heterocycles. The van der Waals surface area contributed by atoms with Gasteiger partial charge in [-0.15, -0.1) is 6.58 Å². The molecule has 1 amide bonds. The Kier molecular flexibility index (Phi) is 16.8. The summed E-state index contributed by atoms with van der Waals surface area (Å²) in [6, 6.07) is 15.3. The molecule has 0 aliphatic rings. The Hall–Kier alpha value is -4.37. The van der Waals surface area contributed by atoms with Crippen molar-refractivity contribution in [1.82, 2.24) is 0 Å². The van der Waals surface area contributed by atoms with E-state index >= 15 is 0 Å². The van der Waals surface area contributed by atoms with Crippen molar-refractivity contribution in [1.29, 1.82) is 0 Å². The van der Waals surface area contributed by atoms with Crippen molar-refractivity contribution >= 4 is 23.5 Å². The molecule has 0 aliphatic carbocycles. The maximum Gasteiger partial charge on any atom is 0.338 e. The molecule has 9 nitrogen and oxygen atoms in total. The summed E-state index contributed by atoms with van der Waals surface area (Å²) < 4.78 is 16.1. The molecule has 9 heteroatoms. The molecule has 41 heavy (non-hydrogen) atoms. The lowest BCUT2D eigenvalue weighted by Gasteiger charge is -2.27. The summed E-state index contributed by atoms with van der Waals surface area (Å²) in [6.07, 6.45) is 1.75. The lowest BCUT2D eigenvalue weighted by Crippen LogP contribution is -2.40. The number of allylic oxidation sites excluding steroid dienone is 2. The number of aliphatic hydroxyl groups is 2. The van der Waals surface area contributed by atoms with Gasteiger partial charge in [-0.1, -0.05) is 49.1 Å². The molecule has 0 fully saturated rings. The van der Waals surface area contributed by atoms with Gasteiger partial charge in [0.2, 0.25) is 0 Å². The number of esters is 2. The normalized spacial score (nSPS) is 10.7. The van der Waals surface area contributed by atoms with Gasteiger partial charge < -0.3 is 24.4 Å². The Morgan fingerprint density at radius 3 is 2.10 bits per heavy atom. The molecule has 0 aromatic heterocycles. The minimum Gasteiger partial charge on any atom is -0.512 e. The number of carbonyl (C=O) groups is 3. The molecular weight excluding hydrogens is 526 g/mol. The number of rotatable bonds is 10. The van der Waals surface area contributed by atoms with Crippen LogP contribution < -0.4 is 4.90 Å². The SMILES string of the molecule is C=C(OCC)/C(C(=O)N(CC(=O)OC(C)(C)C)c1cccc(C(=O)OCc2ccccc2)c1)=C(\C)O.C=CC.CO. The Bertz CT molecular complexity index is 1180. The zero-order valence-electron chi connectivity index (χ0n) is 25.1. The van der Waals surface area contributed by atoms with Crippen molar-refractivity contribution in [2.45, 2.75) is 53.8 Å². The van der Waals surface area contributed by atoms with Gasteiger partial charge in [0.25, 0.3) is 5.91 Å². The Morgan fingerprint density at radius 1 is 1.00 bits per heavy atom. The summed E-state index contributed by atoms with van der Waals surface area (Å²) in [5.74, 6) is -2.39. The Balaban J connectivity index is 0.00000299. The maximum atomic E-state index is 13.5. The number of hydrogen-bond acceptors (Lipinski definition) is 8. The molecule has 0 atom stereocenters. The van der Waals surface area contributed by atoms with Crippen LogP contribution in [-0.4, -0.2) is 53.9 Å². The smallest absolute Gasteiger partial charge is 0.338 e. The molecule has 2 rings (SSSR count). The van der Waals surface area contributed by atoms with E-state index in [2.05, 4.69) is 13.2 Å². The average Bonchev–Trinajstić information content (AvgIpc) is 2.91. The first-order chi connectivity index (χ1) is 19.3. The summed E-state index contributed by atoms with van der Waals surface area (Å²) in [5.41, 5.74) is 0.252. The predicted molar refractivity (Wildman–Crippen MR) is 160 cm³/mol. The molecule has 0 bridgehead atoms. The number of carbonyl (C=O) groups excluding carboxylic acids is 3. The van der Waals surface area contributed by atoms with Crippen LogP contribution in [0, 0.1) is 0 Å². The number of hydrogen-bond donors (Lipinski definition) is 2. The number of amides is 1. The summed E-state index contributed by atoms with van der Waals surface area (Å²) in [4.78, 5) is 40.0. The largest absolute Gasteiger partial charge is 0.512 e. The number of nitrogens with zero attached hydrogens (tertiary/aromatic N) is 1. The molecule has 2 aromatic carbocycles. The van der Waals surface area contributed by atoms with Gasteiger partial charge in [-0.3, -0.25) is 14.5 Å². The predicted octanol–water partition coefficient (Wildman–Crippen LogP) is 5.90. The maximum absolute atomic E-state index is 13.5. The molecule has 0 radical (unpaired) electrons. The minimum absolute atomic E-state index is 0.0462. The highest BCUT2D eigenvalue weighted by atomic mass is 16.6. The minimum atomic E-state index is -0.782. The van der Waals surface area contributed by atoms with Crippen molar-refractivity contribution < 1.29 is 38.8 Å². The zero-order valence-corrected chi connectivity index (χ0v) is 25.1. The van der Waals surface area contributed by atoms with Gasteiger partial charge in [-0.05, 0) is 65.3 Å². The van der Waals surface area contributed by atoms with Crippen molar-refractivity contribution in [3.63, 3.8) is 0 Å². The third-order valence-electron chi connectivity index (χ3n) is 4.73. The van der Waals surface area contributed by atoms with Gasteiger partial charge in [0, 0.05) is 12.8 Å². The number of anilines is 1. The Labute approximate surface area is 243 Å². The molecule has 0 heterocycles. The third-order valence-corrected chi connectivity index (χ3v) is 4.73. The van der Waals surface area contributed by atoms with Gasteiger partial charge in [0.15, 0.2) is 0 Å². The van der Waals surface area contributed by atoms with E-state index in [1.54, 1.807) is 52.0 Å². The summed E-state index contributed by atoms with van der Waals surface area (Å²) in [7, 11) is 1.00. The number of benzene rings is 2. The van der Waals surface area contributed by atoms with Crippen LogP contribution in [0.4, 0.5) is 5.69 Å². The van der Waals surface area contributed by atoms with E-state index in [-0.39, 0.29) is 41.6 Å². The van der Waals surface area contributed by atoms with E-state index in [1.165, 1.54) is 13.0 Å². The summed E-state index contributed by atoms with van der Waals surface area (Å²) in [6.45, 7) is 17.0. The lowest BCUT2D eigenvalue weighted by atomic mass is 10.1. The van der Waals surface area contributed by atoms with Crippen molar-refractivity contribution in [3.8, 4) is 0 Å². The van der Waals surface area contributed by atoms with E-state index < -0.39 is 30.0 Å². The van der Waals surface area contributed by atoms with Crippen LogP contribution in [-0.2, 0) is 30.4 Å². The van der Waals surface area contributed by atoms with Crippen LogP contribution in [0.1, 0.15) is 57.5 Å². The molecule has 0 saturated carbocycles. The van der Waals surface area contributed by atoms with Gasteiger partial charge in [0.1, 0.15) is 35.8 Å². The highest BCUT2D eigenvalue weighted by Crippen LogP contribution is 2.24. The molecule has 0 spiro atoms. The monoisotopic (exact) mass is 569 g/mol. The quantitative estimate of drug-likeness (QED) is 0.119. The van der Waals surface area contributed by atoms with E-state index in [1.807, 2.05) is 37.3 Å². The second-order valence-corrected chi connectivity index (χ2v) is 9.31. The fraction of sp³-hybridized carbons (Fsp3) is 0.344. The number of ether oxygens (including phenoxy) is 3. The zero-order chi connectivity index (χ0) is 31.6. The van der Waals surface area contributed by atoms with E-state index in [9.17, 15) is 19.5 Å². The average molecular weight is 570 g/mol. The fourth-order valence-corrected chi connectivity index (χ4v) is 3.25. The molecule has 224 valence electrons. The van der Waals surface area contributed by atoms with Crippen molar-refractivity contribution in [2.24, 2.45) is 0 Å². The van der Waals surface area contributed by atoms with Gasteiger partial charge in [-0.2, -0.15) is 0 Å². The van der Waals surface area contributed by atoms with Crippen LogP contribution >= 0.6 is 0 Å². The first kappa shape index (κ1) is 36.6. The highest BCUT2D eigenvalue weighted by molar-refractivity contribution is 6.10. The third kappa shape index (κ3) is 13.5. The van der Waals surface area contributed by atoms with Gasteiger partial charge >= 0.3 is 11.9 Å². The van der Waals surface area contributed by atoms with Crippen LogP contribution in [0.5, 0.6) is 0 Å². The summed E-state index contributed by atoms with van der Waals surface area (Å²) in [5, 5.41) is 17.2. The second kappa shape index (κ2) is 18.8. The van der Waals surface area contributed by atoms with Crippen LogP contribution in [0.2, 0.25) is 0 Å². The van der Waals surface area contributed by atoms with Crippen LogP contribution in [0.15, 0.2) is 90.9 Å². The molecule has 2 aromatic rings. The van der Waals surface area contributed by atoms with Crippen molar-refractivity contribution in [2.75, 3.05) is 25.2 Å². The van der Waals surface area contributed by atoms with Crippen LogP contribution in [0.25, 0.3) is 0 Å². The molecule has 0 aliphatic heterocycles. The van der Waals surface area contributed by atoms with E-state index in [0.29, 0.717) is 0 Å². The molecule has 0 unspecified atom stereocenters. The van der Waals surface area contributed by atoms with E-state index in [0.717, 1.165) is 17.6 Å². The van der Waals surface area contributed by atoms with Crippen molar-refractivity contribution in [3.05, 3.63) is 102 Å². The standard InChI is InChI=1S/C28H33NO7.C3H6.CH4O/c1-7-34-20(3)25(19(2)30)26(32)29(17-24(31)36-28(4,5)6)23-15-11-14-22(16-23)27(33)35-18-21-12-9-8-10-13-21;1-3-2;1-2/h8-16,30H,3,7,17-18H2,1-2,4-6H3;3H,1H2,2H3;2H,1H3/b25-19-;;. The highest BCUT2D eigenvalue weighted by Gasteiger charge is 2.29. The van der Waals surface area contributed by atoms with Gasteiger partial charge in [-0.25, -0.2) is 4.79 Å². The first-order valence-corrected chi connectivity index (χ1v) is 12.9. The van der Waals surface area contributed by atoms with Crippen LogP contribution in [0.3, 0.4) is 0 Å². The molecular formula is C32H43NO8. The second-order valence-electron chi connectivity index (χ2n) is 9.31. The van der Waals surface area contributed by atoms with Gasteiger partial charge in [0.05, 0.1) is 12.2 Å². The molecule has 2 N–H and O–H groups in total. The Morgan fingerprint density at radius 2 is 1.59 bits per heavy atom. The first-order valence-electron chi connectivity index (χ1n) is 12.9. The topological polar surface area (TPSA) is 123 Å². The fourth-order valence-electron chi connectivity index (χ4n) is 3.25. The lowest BCUT2D eigenvalue weighted by molar-refractivity contribution is -0.153.